The fourth-order valence-corrected chi connectivity index (χ4v) is 1.74. The Labute approximate surface area is 114 Å². The summed E-state index contributed by atoms with van der Waals surface area (Å²) in [6, 6.07) is 3.01. The van der Waals surface area contributed by atoms with Gasteiger partial charge in [0, 0.05) is 17.8 Å². The van der Waals surface area contributed by atoms with Crippen molar-refractivity contribution in [1.29, 1.82) is 0 Å². The summed E-state index contributed by atoms with van der Waals surface area (Å²) in [5, 5.41) is 6.72. The molecule has 2 aromatic heterocycles. The van der Waals surface area contributed by atoms with Crippen LogP contribution in [0.2, 0.25) is 0 Å². The largest absolute Gasteiger partial charge is 0.468 e. The highest BCUT2D eigenvalue weighted by Gasteiger charge is 2.33. The quantitative estimate of drug-likeness (QED) is 0.919. The molecule has 0 unspecified atom stereocenters. The summed E-state index contributed by atoms with van der Waals surface area (Å²) in [7, 11) is 0. The molecule has 0 saturated carbocycles. The number of furan rings is 1. The first kappa shape index (κ1) is 14.6. The maximum Gasteiger partial charge on any atom is 0.435 e. The number of hydrogen-bond donors (Lipinski definition) is 1. The van der Waals surface area contributed by atoms with E-state index in [2.05, 4.69) is 10.4 Å². The number of halogens is 3. The van der Waals surface area contributed by atoms with Gasteiger partial charge in [0.25, 0.3) is 0 Å². The molecule has 2 aromatic rings. The van der Waals surface area contributed by atoms with E-state index < -0.39 is 11.9 Å². The first-order valence-electron chi connectivity index (χ1n) is 6.25. The Kier molecular flexibility index (Phi) is 4.17. The zero-order valence-electron chi connectivity index (χ0n) is 11.2. The minimum Gasteiger partial charge on any atom is -0.468 e. The highest BCUT2D eigenvalue weighted by atomic mass is 19.4. The second-order valence-electron chi connectivity index (χ2n) is 4.80. The highest BCUT2D eigenvalue weighted by Crippen LogP contribution is 2.27. The van der Waals surface area contributed by atoms with Crippen LogP contribution in [0.15, 0.2) is 29.0 Å². The van der Waals surface area contributed by atoms with Crippen LogP contribution in [0.25, 0.3) is 0 Å². The summed E-state index contributed by atoms with van der Waals surface area (Å²) in [5.74, 6) is 0.711. The number of aromatic nitrogens is 2. The Morgan fingerprint density at radius 3 is 2.70 bits per heavy atom. The van der Waals surface area contributed by atoms with E-state index in [1.807, 2.05) is 13.8 Å². The zero-order chi connectivity index (χ0) is 14.8. The molecule has 0 aliphatic heterocycles. The lowest BCUT2D eigenvalue weighted by Crippen LogP contribution is -2.22. The van der Waals surface area contributed by atoms with Gasteiger partial charge in [0.05, 0.1) is 19.4 Å². The van der Waals surface area contributed by atoms with Crippen molar-refractivity contribution in [3.63, 3.8) is 0 Å². The zero-order valence-corrected chi connectivity index (χ0v) is 11.2. The second kappa shape index (κ2) is 5.70. The van der Waals surface area contributed by atoms with E-state index in [0.717, 1.165) is 11.6 Å². The Morgan fingerprint density at radius 2 is 2.10 bits per heavy atom. The summed E-state index contributed by atoms with van der Waals surface area (Å²) in [6.07, 6.45) is -1.57. The number of nitrogens with one attached hydrogen (secondary N) is 1. The van der Waals surface area contributed by atoms with Crippen molar-refractivity contribution < 1.29 is 17.6 Å². The molecule has 7 heteroatoms. The standard InChI is InChI=1S/C13H16F3N3O/c1-9(2)17-7-11-10(4-6-20-11)8-19-5-3-12(18-19)13(14,15)16/h3-6,9,17H,7-8H2,1-2H3. The third-order valence-corrected chi connectivity index (χ3v) is 2.77. The van der Waals surface area contributed by atoms with E-state index in [4.69, 9.17) is 4.42 Å². The normalized spacial score (nSPS) is 12.3. The minimum atomic E-state index is -4.41. The van der Waals surface area contributed by atoms with Gasteiger partial charge < -0.3 is 9.73 Å². The monoisotopic (exact) mass is 287 g/mol. The third-order valence-electron chi connectivity index (χ3n) is 2.77. The molecule has 110 valence electrons. The van der Waals surface area contributed by atoms with E-state index in [0.29, 0.717) is 18.3 Å². The maximum atomic E-state index is 12.5. The molecular formula is C13H16F3N3O. The molecule has 2 heterocycles. The molecule has 0 atom stereocenters. The van der Waals surface area contributed by atoms with Gasteiger partial charge in [-0.2, -0.15) is 18.3 Å². The van der Waals surface area contributed by atoms with E-state index in [1.54, 1.807) is 6.07 Å². The van der Waals surface area contributed by atoms with Crippen LogP contribution < -0.4 is 5.32 Å². The summed E-state index contributed by atoms with van der Waals surface area (Å²) in [5.41, 5.74) is -0.0715. The van der Waals surface area contributed by atoms with Gasteiger partial charge in [-0.05, 0) is 12.1 Å². The van der Waals surface area contributed by atoms with Gasteiger partial charge in [-0.3, -0.25) is 4.68 Å². The van der Waals surface area contributed by atoms with Crippen molar-refractivity contribution in [1.82, 2.24) is 15.1 Å². The summed E-state index contributed by atoms with van der Waals surface area (Å²) < 4.78 is 44.0. The van der Waals surface area contributed by atoms with Crippen molar-refractivity contribution in [2.45, 2.75) is 39.2 Å². The molecule has 0 amide bonds. The van der Waals surface area contributed by atoms with Gasteiger partial charge in [-0.1, -0.05) is 13.8 Å². The molecule has 0 aliphatic rings. The summed E-state index contributed by atoms with van der Waals surface area (Å²) in [6.45, 7) is 4.80. The Bertz CT molecular complexity index is 557. The third kappa shape index (κ3) is 3.63. The van der Waals surface area contributed by atoms with E-state index in [-0.39, 0.29) is 6.54 Å². The van der Waals surface area contributed by atoms with E-state index in [9.17, 15) is 13.2 Å². The number of rotatable bonds is 5. The topological polar surface area (TPSA) is 43.0 Å². The lowest BCUT2D eigenvalue weighted by molar-refractivity contribution is -0.141. The lowest BCUT2D eigenvalue weighted by Gasteiger charge is -2.08. The minimum absolute atomic E-state index is 0.252. The highest BCUT2D eigenvalue weighted by molar-refractivity contribution is 5.18. The van der Waals surface area contributed by atoms with Crippen LogP contribution in [0.3, 0.4) is 0 Å². The van der Waals surface area contributed by atoms with Gasteiger partial charge >= 0.3 is 6.18 Å². The van der Waals surface area contributed by atoms with Crippen molar-refractivity contribution in [2.24, 2.45) is 0 Å². The molecule has 4 nitrogen and oxygen atoms in total. The Balaban J connectivity index is 2.07. The van der Waals surface area contributed by atoms with Gasteiger partial charge in [-0.25, -0.2) is 0 Å². The fourth-order valence-electron chi connectivity index (χ4n) is 1.74. The second-order valence-corrected chi connectivity index (χ2v) is 4.80. The van der Waals surface area contributed by atoms with Crippen LogP contribution in [-0.4, -0.2) is 15.8 Å². The molecule has 0 aromatic carbocycles. The molecule has 1 N–H and O–H groups in total. The predicted molar refractivity (Wildman–Crippen MR) is 67.0 cm³/mol. The van der Waals surface area contributed by atoms with Crippen molar-refractivity contribution in [3.05, 3.63) is 41.6 Å². The SMILES string of the molecule is CC(C)NCc1occc1Cn1ccc(C(F)(F)F)n1. The molecule has 20 heavy (non-hydrogen) atoms. The Morgan fingerprint density at radius 1 is 1.35 bits per heavy atom. The van der Waals surface area contributed by atoms with Crippen molar-refractivity contribution in [3.8, 4) is 0 Å². The van der Waals surface area contributed by atoms with Crippen LogP contribution in [-0.2, 0) is 19.3 Å². The van der Waals surface area contributed by atoms with E-state index >= 15 is 0 Å². The van der Waals surface area contributed by atoms with Crippen LogP contribution in [0.5, 0.6) is 0 Å². The molecule has 0 bridgehead atoms. The van der Waals surface area contributed by atoms with Crippen LogP contribution >= 0.6 is 0 Å². The predicted octanol–water partition coefficient (Wildman–Crippen LogP) is 3.04. The van der Waals surface area contributed by atoms with Crippen molar-refractivity contribution >= 4 is 0 Å². The maximum absolute atomic E-state index is 12.5. The average molecular weight is 287 g/mol. The van der Waals surface area contributed by atoms with Gasteiger partial charge in [-0.15, -0.1) is 0 Å². The van der Waals surface area contributed by atoms with Gasteiger partial charge in [0.1, 0.15) is 5.76 Å². The average Bonchev–Trinajstić information content (AvgIpc) is 2.95. The summed E-state index contributed by atoms with van der Waals surface area (Å²) >= 11 is 0. The molecule has 0 fully saturated rings. The van der Waals surface area contributed by atoms with Crippen LogP contribution in [0.4, 0.5) is 13.2 Å². The molecule has 0 spiro atoms. The molecule has 0 radical (unpaired) electrons. The van der Waals surface area contributed by atoms with E-state index in [1.165, 1.54) is 17.1 Å². The fraction of sp³-hybridized carbons (Fsp3) is 0.462. The Hall–Kier alpha value is -1.76. The lowest BCUT2D eigenvalue weighted by atomic mass is 10.2. The smallest absolute Gasteiger partial charge is 0.435 e. The number of hydrogen-bond acceptors (Lipinski definition) is 3. The molecule has 0 aliphatic carbocycles. The number of nitrogens with zero attached hydrogens (tertiary/aromatic N) is 2. The molecule has 0 saturated heterocycles. The van der Waals surface area contributed by atoms with Gasteiger partial charge in [0.15, 0.2) is 5.69 Å². The van der Waals surface area contributed by atoms with Crippen LogP contribution in [0, 0.1) is 0 Å². The summed E-state index contributed by atoms with van der Waals surface area (Å²) in [4.78, 5) is 0. The van der Waals surface area contributed by atoms with Crippen molar-refractivity contribution in [2.75, 3.05) is 0 Å². The first-order chi connectivity index (χ1) is 9.36. The molecular weight excluding hydrogens is 271 g/mol. The van der Waals surface area contributed by atoms with Gasteiger partial charge in [0.2, 0.25) is 0 Å². The first-order valence-corrected chi connectivity index (χ1v) is 6.25. The van der Waals surface area contributed by atoms with Crippen LogP contribution in [0.1, 0.15) is 30.9 Å². The molecule has 2 rings (SSSR count). The number of alkyl halides is 3.